The number of benzene rings is 1. The molecule has 89 heavy (non-hydrogen) atoms. The smallest absolute Gasteiger partial charge is 0.343 e. The Kier molecular flexibility index (Phi) is 25.9. The number of nitrogens with zero attached hydrogens (tertiary/aromatic N) is 8. The average Bonchev–Trinajstić information content (AvgIpc) is 3.85. The van der Waals surface area contributed by atoms with Crippen LogP contribution < -0.4 is 16.0 Å². The van der Waals surface area contributed by atoms with E-state index in [9.17, 15) is 61.1 Å². The Morgan fingerprint density at radius 3 is 1.83 bits per heavy atom. The Balaban J connectivity index is 1.54. The number of halogens is 4. The van der Waals surface area contributed by atoms with Gasteiger partial charge >= 0.3 is 6.18 Å². The van der Waals surface area contributed by atoms with Crippen LogP contribution in [0.3, 0.4) is 0 Å². The van der Waals surface area contributed by atoms with Gasteiger partial charge in [-0.3, -0.25) is 52.7 Å². The zero-order valence-electron chi connectivity index (χ0n) is 54.6. The first-order valence-corrected chi connectivity index (χ1v) is 31.8. The number of hydrogen-bond acceptors (Lipinski definition) is 11. The second-order valence-corrected chi connectivity index (χ2v) is 26.7. The lowest BCUT2D eigenvalue weighted by atomic mass is 9.80. The lowest BCUT2D eigenvalue weighted by Gasteiger charge is -2.41. The van der Waals surface area contributed by atoms with Crippen LogP contribution in [0.2, 0.25) is 5.02 Å². The lowest BCUT2D eigenvalue weighted by Crippen LogP contribution is -2.64. The zero-order chi connectivity index (χ0) is 66.7. The minimum Gasteiger partial charge on any atom is -0.343 e. The zero-order valence-corrected chi connectivity index (χ0v) is 55.4. The molecule has 26 heteroatoms. The molecule has 498 valence electrons. The van der Waals surface area contributed by atoms with Gasteiger partial charge in [0.2, 0.25) is 65.0 Å². The van der Waals surface area contributed by atoms with E-state index in [4.69, 9.17) is 11.6 Å². The van der Waals surface area contributed by atoms with Crippen LogP contribution in [0.25, 0.3) is 0 Å². The molecule has 2 aliphatic heterocycles. The Morgan fingerprint density at radius 2 is 1.27 bits per heavy atom. The Labute approximate surface area is 528 Å². The van der Waals surface area contributed by atoms with E-state index in [0.29, 0.717) is 31.2 Å². The van der Waals surface area contributed by atoms with Gasteiger partial charge in [-0.1, -0.05) is 97.7 Å². The van der Waals surface area contributed by atoms with Gasteiger partial charge in [0.05, 0.1) is 30.2 Å². The van der Waals surface area contributed by atoms with Gasteiger partial charge in [-0.25, -0.2) is 0 Å². The minimum absolute atomic E-state index is 0.0600. The van der Waals surface area contributed by atoms with Crippen molar-refractivity contribution >= 4 is 76.6 Å². The number of rotatable bonds is 10. The largest absolute Gasteiger partial charge is 0.417 e. The minimum atomic E-state index is -4.74. The van der Waals surface area contributed by atoms with Gasteiger partial charge in [-0.2, -0.15) is 13.2 Å². The second-order valence-electron chi connectivity index (χ2n) is 26.3. The van der Waals surface area contributed by atoms with Gasteiger partial charge in [-0.05, 0) is 99.7 Å². The molecule has 2 saturated heterocycles. The van der Waals surface area contributed by atoms with Crippen LogP contribution in [0.1, 0.15) is 149 Å². The summed E-state index contributed by atoms with van der Waals surface area (Å²) in [7, 11) is 10.1. The first-order chi connectivity index (χ1) is 41.5. The van der Waals surface area contributed by atoms with E-state index in [1.165, 1.54) is 79.9 Å². The summed E-state index contributed by atoms with van der Waals surface area (Å²) in [5.41, 5.74) is -2.25. The molecule has 1 aromatic carbocycles. The SMILES string of the molecule is CCC(C)[C@@H]1NC(=O)[C@H](CC(C)C)N(C)C(=O)C[C@@H](C)N(C)C(=O)[C@H](C(C)C)N(C)C(=O)C2(CCCC2)NC(=O)[C@@H]2CCCN2C(=O)[C@H](CCc2ccc(C(F)(F)F)c(Cl)c2)NC(=O)CN(C)C(=O)[C@H](CC2CCC2)N(C)C(=O)CN(C)C(=O)CN(C)C1=O. The number of aryl methyl sites for hydroxylation is 1. The summed E-state index contributed by atoms with van der Waals surface area (Å²) in [4.78, 5) is 169. The van der Waals surface area contributed by atoms with Gasteiger partial charge < -0.3 is 55.1 Å². The molecule has 1 unspecified atom stereocenters. The third-order valence-electron chi connectivity index (χ3n) is 18.7. The van der Waals surface area contributed by atoms with Crippen LogP contribution in [0, 0.1) is 23.7 Å². The summed E-state index contributed by atoms with van der Waals surface area (Å²) >= 11 is 6.10. The third kappa shape index (κ3) is 18.3. The summed E-state index contributed by atoms with van der Waals surface area (Å²) in [5, 5.41) is 8.06. The highest BCUT2D eigenvalue weighted by Gasteiger charge is 2.50. The van der Waals surface area contributed by atoms with Gasteiger partial charge in [0, 0.05) is 68.3 Å². The number of likely N-dealkylation sites (N-methyl/N-ethyl adjacent to an activating group) is 7. The number of amides is 11. The van der Waals surface area contributed by atoms with Gasteiger partial charge in [0.1, 0.15) is 41.8 Å². The number of carbonyl (C=O) groups is 11. The predicted molar refractivity (Wildman–Crippen MR) is 328 cm³/mol. The van der Waals surface area contributed by atoms with Crippen molar-refractivity contribution in [2.45, 2.75) is 199 Å². The Bertz CT molecular complexity index is 2760. The van der Waals surface area contributed by atoms with E-state index >= 15 is 4.79 Å². The van der Waals surface area contributed by atoms with Crippen molar-refractivity contribution in [3.8, 4) is 0 Å². The van der Waals surface area contributed by atoms with E-state index in [0.717, 1.165) is 46.1 Å². The molecule has 8 atom stereocenters. The third-order valence-corrected chi connectivity index (χ3v) is 19.0. The molecule has 2 heterocycles. The molecular weight excluding hydrogens is 1180 g/mol. The summed E-state index contributed by atoms with van der Waals surface area (Å²) in [6.45, 7) is 11.1. The van der Waals surface area contributed by atoms with Crippen LogP contribution in [-0.2, 0) is 65.3 Å². The molecule has 0 aromatic heterocycles. The summed E-state index contributed by atoms with van der Waals surface area (Å²) < 4.78 is 41.2. The standard InChI is InChI=1S/C63H97ClF3N11O11/c1-15-39(6)53-59(87)73(10)35-51(81)71(8)36-52(82)76(13)48(33-41-20-18-21-41)58(86)72(9)34-49(79)68-45(26-24-42-23-25-43(44(64)32-42)63(65,66)67)57(85)78-29-19-22-46(78)56(84)70-62(27-16-17-28-62)61(89)77(14)54(38(4)5)60(88)74(11)40(7)31-50(80)75(12)47(30-37(2)3)55(83)69-53/h23,25,32,37-41,45-48,53-54H,15-22,24,26-31,33-36H2,1-14H3,(H,68,79)(H,69,83)(H,70,84)/t39?,40-,45+,46+,47+,48+,53+,54+/m1/s1. The molecule has 2 saturated carbocycles. The fourth-order valence-electron chi connectivity index (χ4n) is 12.5. The van der Waals surface area contributed by atoms with Crippen LogP contribution >= 0.6 is 11.6 Å². The molecular formula is C63H97ClF3N11O11. The second kappa shape index (κ2) is 31.5. The molecule has 0 bridgehead atoms. The average molecular weight is 1280 g/mol. The van der Waals surface area contributed by atoms with Crippen LogP contribution in [-0.4, -0.2) is 228 Å². The van der Waals surface area contributed by atoms with Crippen molar-refractivity contribution in [1.29, 1.82) is 0 Å². The molecule has 22 nitrogen and oxygen atoms in total. The first-order valence-electron chi connectivity index (χ1n) is 31.4. The number of hydrogen-bond donors (Lipinski definition) is 3. The Hall–Kier alpha value is -6.53. The maximum absolute atomic E-state index is 15.1. The quantitative estimate of drug-likeness (QED) is 0.289. The fraction of sp³-hybridized carbons (Fsp3) is 0.730. The van der Waals surface area contributed by atoms with Crippen molar-refractivity contribution in [2.75, 3.05) is 75.5 Å². The topological polar surface area (TPSA) is 250 Å². The first kappa shape index (κ1) is 73.2. The normalized spacial score (nSPS) is 26.3. The predicted octanol–water partition coefficient (Wildman–Crippen LogP) is 4.73. The van der Waals surface area contributed by atoms with Crippen LogP contribution in [0.15, 0.2) is 18.2 Å². The van der Waals surface area contributed by atoms with Gasteiger partial charge in [0.15, 0.2) is 0 Å². The van der Waals surface area contributed by atoms with E-state index in [-0.39, 0.29) is 69.7 Å². The summed E-state index contributed by atoms with van der Waals surface area (Å²) in [5.74, 6) is -7.67. The molecule has 4 aliphatic rings. The van der Waals surface area contributed by atoms with Crippen molar-refractivity contribution < 1.29 is 65.9 Å². The van der Waals surface area contributed by atoms with Gasteiger partial charge in [0.25, 0.3) is 0 Å². The van der Waals surface area contributed by atoms with E-state index in [2.05, 4.69) is 16.0 Å². The molecule has 2 aliphatic carbocycles. The summed E-state index contributed by atoms with van der Waals surface area (Å²) in [6.07, 6.45) is 0.190. The maximum atomic E-state index is 15.1. The highest BCUT2D eigenvalue weighted by Crippen LogP contribution is 2.37. The lowest BCUT2D eigenvalue weighted by molar-refractivity contribution is -0.152. The van der Waals surface area contributed by atoms with Crippen molar-refractivity contribution in [3.05, 3.63) is 34.3 Å². The fourth-order valence-corrected chi connectivity index (χ4v) is 12.8. The molecule has 1 aromatic rings. The van der Waals surface area contributed by atoms with Crippen LogP contribution in [0.4, 0.5) is 13.2 Å². The van der Waals surface area contributed by atoms with Crippen molar-refractivity contribution in [1.82, 2.24) is 55.1 Å². The number of alkyl halides is 3. The van der Waals surface area contributed by atoms with Gasteiger partial charge in [-0.15, -0.1) is 0 Å². The Morgan fingerprint density at radius 1 is 0.663 bits per heavy atom. The monoisotopic (exact) mass is 1280 g/mol. The molecule has 0 radical (unpaired) electrons. The van der Waals surface area contributed by atoms with E-state index < -0.39 is 161 Å². The highest BCUT2D eigenvalue weighted by molar-refractivity contribution is 6.31. The molecule has 4 fully saturated rings. The molecule has 11 amide bonds. The van der Waals surface area contributed by atoms with Crippen LogP contribution in [0.5, 0.6) is 0 Å². The van der Waals surface area contributed by atoms with E-state index in [1.807, 2.05) is 20.8 Å². The summed E-state index contributed by atoms with van der Waals surface area (Å²) in [6, 6.07) is -4.51. The molecule has 5 rings (SSSR count). The van der Waals surface area contributed by atoms with Crippen molar-refractivity contribution in [2.24, 2.45) is 23.7 Å². The van der Waals surface area contributed by atoms with E-state index in [1.54, 1.807) is 27.7 Å². The van der Waals surface area contributed by atoms with Crippen molar-refractivity contribution in [3.63, 3.8) is 0 Å². The number of carbonyl (C=O) groups excluding carboxylic acids is 11. The molecule has 1 spiro atoms. The maximum Gasteiger partial charge on any atom is 0.417 e. The number of fused-ring (bicyclic) bond motifs is 1. The molecule has 3 N–H and O–H groups in total. The number of nitrogens with one attached hydrogen (secondary N) is 3. The highest BCUT2D eigenvalue weighted by atomic mass is 35.5.